The monoisotopic (exact) mass is 511 g/mol. The van der Waals surface area contributed by atoms with Crippen LogP contribution in [0.25, 0.3) is 0 Å². The summed E-state index contributed by atoms with van der Waals surface area (Å²) in [6.45, 7) is 10.3. The molecule has 1 N–H and O–H groups in total. The summed E-state index contributed by atoms with van der Waals surface area (Å²) < 4.78 is 46.3. The van der Waals surface area contributed by atoms with E-state index in [1.165, 1.54) is 0 Å². The van der Waals surface area contributed by atoms with Crippen LogP contribution in [0.2, 0.25) is 5.02 Å². The summed E-state index contributed by atoms with van der Waals surface area (Å²) in [5.41, 5.74) is 1.52. The summed E-state index contributed by atoms with van der Waals surface area (Å²) in [5.74, 6) is -4.35. The minimum Gasteiger partial charge on any atom is -0.460 e. The molecule has 192 valence electrons. The molecule has 2 atom stereocenters. The van der Waals surface area contributed by atoms with Crippen LogP contribution in [0.3, 0.4) is 0 Å². The number of benzene rings is 2. The third-order valence-electron chi connectivity index (χ3n) is 5.59. The third-order valence-corrected chi connectivity index (χ3v) is 5.92. The number of hydrogen-bond acceptors (Lipinski definition) is 3. The standard InChI is InChI=1S/C27H33ClF3NO3/c1-16(2)19-9-11-20(12-10-19)24(17(3)27(29,30)31)25(34)32-22-15-18(7-13-21(22)28)8-14-23(33)35-26(4,5)6/h7,9-13,15-17,24H,8,14H2,1-6H3,(H,32,34). The number of anilines is 1. The van der Waals surface area contributed by atoms with Crippen LogP contribution in [0.5, 0.6) is 0 Å². The summed E-state index contributed by atoms with van der Waals surface area (Å²) >= 11 is 6.24. The van der Waals surface area contributed by atoms with Gasteiger partial charge in [0.05, 0.1) is 22.5 Å². The Bertz CT molecular complexity index is 1030. The molecule has 0 heterocycles. The van der Waals surface area contributed by atoms with Gasteiger partial charge in [0.2, 0.25) is 5.91 Å². The average molecular weight is 512 g/mol. The van der Waals surface area contributed by atoms with Crippen LogP contribution < -0.4 is 5.32 Å². The predicted octanol–water partition coefficient (Wildman–Crippen LogP) is 7.66. The van der Waals surface area contributed by atoms with Gasteiger partial charge >= 0.3 is 12.1 Å². The average Bonchev–Trinajstić information content (AvgIpc) is 2.73. The molecular weight excluding hydrogens is 479 g/mol. The van der Waals surface area contributed by atoms with Crippen LogP contribution in [0.15, 0.2) is 42.5 Å². The molecule has 0 saturated heterocycles. The lowest BCUT2D eigenvalue weighted by molar-refractivity contribution is -0.178. The van der Waals surface area contributed by atoms with Gasteiger partial charge in [0.25, 0.3) is 0 Å². The van der Waals surface area contributed by atoms with E-state index in [1.807, 2.05) is 13.8 Å². The van der Waals surface area contributed by atoms with E-state index in [0.717, 1.165) is 12.5 Å². The third kappa shape index (κ3) is 8.57. The molecule has 2 rings (SSSR count). The molecule has 0 spiro atoms. The van der Waals surface area contributed by atoms with Crippen LogP contribution in [0.1, 0.15) is 76.5 Å². The van der Waals surface area contributed by atoms with E-state index < -0.39 is 29.5 Å². The van der Waals surface area contributed by atoms with Crippen molar-refractivity contribution in [2.45, 2.75) is 78.0 Å². The highest BCUT2D eigenvalue weighted by Crippen LogP contribution is 2.39. The Balaban J connectivity index is 2.27. The van der Waals surface area contributed by atoms with E-state index in [1.54, 1.807) is 63.2 Å². The van der Waals surface area contributed by atoms with E-state index in [4.69, 9.17) is 16.3 Å². The van der Waals surface area contributed by atoms with E-state index in [9.17, 15) is 22.8 Å². The Labute approximate surface area is 210 Å². The van der Waals surface area contributed by atoms with Crippen molar-refractivity contribution in [1.82, 2.24) is 0 Å². The molecule has 0 radical (unpaired) electrons. The molecule has 0 aliphatic carbocycles. The van der Waals surface area contributed by atoms with Crippen molar-refractivity contribution in [1.29, 1.82) is 0 Å². The number of amides is 1. The molecule has 0 fully saturated rings. The quantitative estimate of drug-likeness (QED) is 0.370. The van der Waals surface area contributed by atoms with Crippen LogP contribution in [-0.2, 0) is 20.7 Å². The highest BCUT2D eigenvalue weighted by molar-refractivity contribution is 6.33. The predicted molar refractivity (Wildman–Crippen MR) is 133 cm³/mol. The van der Waals surface area contributed by atoms with Crippen molar-refractivity contribution < 1.29 is 27.5 Å². The van der Waals surface area contributed by atoms with Crippen LogP contribution in [0.4, 0.5) is 18.9 Å². The SMILES string of the molecule is CC(C)c1ccc(C(C(=O)Nc2cc(CCC(=O)OC(C)(C)C)ccc2Cl)C(C)C(F)(F)F)cc1. The molecule has 35 heavy (non-hydrogen) atoms. The van der Waals surface area contributed by atoms with E-state index in [2.05, 4.69) is 5.32 Å². The molecule has 4 nitrogen and oxygen atoms in total. The van der Waals surface area contributed by atoms with Crippen LogP contribution in [-0.4, -0.2) is 23.7 Å². The number of nitrogens with one attached hydrogen (secondary N) is 1. The first-order valence-electron chi connectivity index (χ1n) is 11.6. The summed E-state index contributed by atoms with van der Waals surface area (Å²) in [7, 11) is 0. The van der Waals surface area contributed by atoms with Gasteiger partial charge in [0, 0.05) is 6.42 Å². The molecule has 0 aromatic heterocycles. The maximum atomic E-state index is 13.7. The maximum Gasteiger partial charge on any atom is 0.392 e. The number of hydrogen-bond donors (Lipinski definition) is 1. The number of rotatable bonds is 8. The Hall–Kier alpha value is -2.54. The van der Waals surface area contributed by atoms with Gasteiger partial charge in [-0.3, -0.25) is 9.59 Å². The van der Waals surface area contributed by atoms with Crippen molar-refractivity contribution in [2.24, 2.45) is 5.92 Å². The number of esters is 1. The molecule has 8 heteroatoms. The normalized spacial score (nSPS) is 13.9. The Morgan fingerprint density at radius 2 is 1.54 bits per heavy atom. The first kappa shape index (κ1) is 28.7. The highest BCUT2D eigenvalue weighted by Gasteiger charge is 2.45. The van der Waals surface area contributed by atoms with Gasteiger partial charge in [-0.25, -0.2) is 0 Å². The van der Waals surface area contributed by atoms with Crippen molar-refractivity contribution in [2.75, 3.05) is 5.32 Å². The molecule has 1 amide bonds. The van der Waals surface area contributed by atoms with Crippen molar-refractivity contribution in [3.63, 3.8) is 0 Å². The van der Waals surface area contributed by atoms with Crippen LogP contribution in [0, 0.1) is 5.92 Å². The Morgan fingerprint density at radius 1 is 0.971 bits per heavy atom. The fourth-order valence-corrected chi connectivity index (χ4v) is 3.78. The second-order valence-corrected chi connectivity index (χ2v) is 10.4. The van der Waals surface area contributed by atoms with Crippen LogP contribution >= 0.6 is 11.6 Å². The smallest absolute Gasteiger partial charge is 0.392 e. The maximum absolute atomic E-state index is 13.7. The lowest BCUT2D eigenvalue weighted by Gasteiger charge is -2.26. The fraction of sp³-hybridized carbons (Fsp3) is 0.481. The molecule has 2 aromatic rings. The number of alkyl halides is 3. The molecule has 2 unspecified atom stereocenters. The Morgan fingerprint density at radius 3 is 2.06 bits per heavy atom. The zero-order chi connectivity index (χ0) is 26.6. The number of halogens is 4. The van der Waals surface area contributed by atoms with Crippen molar-refractivity contribution in [3.8, 4) is 0 Å². The van der Waals surface area contributed by atoms with Crippen molar-refractivity contribution in [3.05, 3.63) is 64.2 Å². The molecule has 0 aliphatic heterocycles. The number of aryl methyl sites for hydroxylation is 1. The molecule has 0 bridgehead atoms. The number of carbonyl (C=O) groups excluding carboxylic acids is 2. The van der Waals surface area contributed by atoms with Crippen molar-refractivity contribution >= 4 is 29.2 Å². The summed E-state index contributed by atoms with van der Waals surface area (Å²) in [6.07, 6.45) is -4.13. The topological polar surface area (TPSA) is 55.4 Å². The van der Waals surface area contributed by atoms with Gasteiger partial charge < -0.3 is 10.1 Å². The molecular formula is C27H33ClF3NO3. The Kier molecular flexibility index (Phi) is 9.40. The minimum absolute atomic E-state index is 0.113. The zero-order valence-corrected chi connectivity index (χ0v) is 21.7. The van der Waals surface area contributed by atoms with E-state index in [0.29, 0.717) is 12.0 Å². The lowest BCUT2D eigenvalue weighted by atomic mass is 9.85. The summed E-state index contributed by atoms with van der Waals surface area (Å²) in [4.78, 5) is 25.2. The lowest BCUT2D eigenvalue weighted by Crippen LogP contribution is -2.34. The summed E-state index contributed by atoms with van der Waals surface area (Å²) in [6, 6.07) is 11.4. The molecule has 2 aromatic carbocycles. The second-order valence-electron chi connectivity index (χ2n) is 10.0. The fourth-order valence-electron chi connectivity index (χ4n) is 3.62. The van der Waals surface area contributed by atoms with Gasteiger partial charge in [-0.2, -0.15) is 13.2 Å². The number of ether oxygens (including phenoxy) is 1. The molecule has 0 saturated carbocycles. The molecule has 0 aliphatic rings. The van der Waals surface area contributed by atoms with Gasteiger partial charge in [0.15, 0.2) is 0 Å². The zero-order valence-electron chi connectivity index (χ0n) is 20.9. The van der Waals surface area contributed by atoms with Gasteiger partial charge in [-0.15, -0.1) is 0 Å². The largest absolute Gasteiger partial charge is 0.460 e. The van der Waals surface area contributed by atoms with E-state index in [-0.39, 0.29) is 34.6 Å². The second kappa shape index (κ2) is 11.5. The summed E-state index contributed by atoms with van der Waals surface area (Å²) in [5, 5.41) is 2.77. The first-order valence-corrected chi connectivity index (χ1v) is 11.9. The van der Waals surface area contributed by atoms with E-state index >= 15 is 0 Å². The minimum atomic E-state index is -4.57. The van der Waals surface area contributed by atoms with Gasteiger partial charge in [-0.1, -0.05) is 62.7 Å². The number of carbonyl (C=O) groups is 2. The first-order chi connectivity index (χ1) is 16.1. The van der Waals surface area contributed by atoms with Gasteiger partial charge in [-0.05, 0) is 61.9 Å². The highest BCUT2D eigenvalue weighted by atomic mass is 35.5. The van der Waals surface area contributed by atoms with Gasteiger partial charge in [0.1, 0.15) is 5.60 Å².